The minimum Gasteiger partial charge on any atom is -0.368 e. The zero-order valence-electron chi connectivity index (χ0n) is 20.4. The quantitative estimate of drug-likeness (QED) is 0.265. The second kappa shape index (κ2) is 9.89. The zero-order valence-corrected chi connectivity index (χ0v) is 21.2. The number of likely N-dealkylation sites (N-methyl/N-ethyl adjacent to an activating group) is 2. The first-order valence-corrected chi connectivity index (χ1v) is 11.5. The number of nitro groups is 1. The summed E-state index contributed by atoms with van der Waals surface area (Å²) < 4.78 is 2.06. The fourth-order valence-electron chi connectivity index (χ4n) is 4.15. The van der Waals surface area contributed by atoms with E-state index in [2.05, 4.69) is 32.8 Å². The molecule has 0 aliphatic heterocycles. The van der Waals surface area contributed by atoms with Crippen molar-refractivity contribution in [3.8, 4) is 11.3 Å². The molecule has 182 valence electrons. The van der Waals surface area contributed by atoms with Crippen LogP contribution in [0.3, 0.4) is 0 Å². The smallest absolute Gasteiger partial charge is 0.294 e. The predicted octanol–water partition coefficient (Wildman–Crippen LogP) is 5.25. The van der Waals surface area contributed by atoms with Gasteiger partial charge < -0.3 is 19.7 Å². The van der Waals surface area contributed by atoms with E-state index in [-0.39, 0.29) is 10.6 Å². The van der Waals surface area contributed by atoms with Gasteiger partial charge >= 0.3 is 0 Å². The van der Waals surface area contributed by atoms with Crippen LogP contribution in [-0.4, -0.2) is 58.6 Å². The third-order valence-electron chi connectivity index (χ3n) is 5.92. The molecule has 0 bridgehead atoms. The van der Waals surface area contributed by atoms with Crippen LogP contribution in [0.5, 0.6) is 0 Å². The highest BCUT2D eigenvalue weighted by molar-refractivity contribution is 6.33. The first kappa shape index (κ1) is 24.4. The molecule has 0 aliphatic carbocycles. The van der Waals surface area contributed by atoms with Gasteiger partial charge in [-0.25, -0.2) is 9.97 Å². The number of anilines is 3. The highest BCUT2D eigenvalue weighted by atomic mass is 35.5. The number of benzene rings is 2. The SMILES string of the molecule is Cc1cccc2c(-c3nc(Nc4ccc(N(C)CCN(C)C)c([N+](=O)[O-])c4)ncc3Cl)cn(C)c12. The van der Waals surface area contributed by atoms with Gasteiger partial charge in [-0.1, -0.05) is 29.8 Å². The molecule has 1 N–H and O–H groups in total. The van der Waals surface area contributed by atoms with E-state index in [0.29, 0.717) is 34.6 Å². The molecule has 2 aromatic heterocycles. The first-order chi connectivity index (χ1) is 16.7. The van der Waals surface area contributed by atoms with E-state index in [4.69, 9.17) is 11.6 Å². The number of rotatable bonds is 8. The molecule has 0 saturated heterocycles. The van der Waals surface area contributed by atoms with Crippen LogP contribution in [0, 0.1) is 17.0 Å². The molecule has 2 heterocycles. The summed E-state index contributed by atoms with van der Waals surface area (Å²) in [5.74, 6) is 0.303. The van der Waals surface area contributed by atoms with Crippen molar-refractivity contribution in [1.82, 2.24) is 19.4 Å². The zero-order chi connectivity index (χ0) is 25.3. The van der Waals surface area contributed by atoms with E-state index in [1.807, 2.05) is 56.3 Å². The van der Waals surface area contributed by atoms with E-state index >= 15 is 0 Å². The first-order valence-electron chi connectivity index (χ1n) is 11.1. The number of nitro benzene ring substituents is 1. The van der Waals surface area contributed by atoms with Gasteiger partial charge in [0.25, 0.3) is 5.69 Å². The highest BCUT2D eigenvalue weighted by Crippen LogP contribution is 2.36. The molecule has 2 aromatic carbocycles. The van der Waals surface area contributed by atoms with Crippen molar-refractivity contribution in [3.05, 3.63) is 69.5 Å². The summed E-state index contributed by atoms with van der Waals surface area (Å²) in [5, 5.41) is 16.4. The average Bonchev–Trinajstić information content (AvgIpc) is 3.16. The van der Waals surface area contributed by atoms with E-state index in [9.17, 15) is 10.1 Å². The second-order valence-corrected chi connectivity index (χ2v) is 9.23. The van der Waals surface area contributed by atoms with Gasteiger partial charge in [-0.2, -0.15) is 0 Å². The van der Waals surface area contributed by atoms with Gasteiger partial charge in [-0.15, -0.1) is 0 Å². The summed E-state index contributed by atoms with van der Waals surface area (Å²) >= 11 is 6.50. The highest BCUT2D eigenvalue weighted by Gasteiger charge is 2.19. The Hall–Kier alpha value is -3.69. The van der Waals surface area contributed by atoms with Crippen molar-refractivity contribution in [2.45, 2.75) is 6.92 Å². The van der Waals surface area contributed by atoms with E-state index < -0.39 is 0 Å². The van der Waals surface area contributed by atoms with Gasteiger partial charge in [0.2, 0.25) is 5.95 Å². The Morgan fingerprint density at radius 1 is 1.17 bits per heavy atom. The molecule has 35 heavy (non-hydrogen) atoms. The Kier molecular flexibility index (Phi) is 6.90. The number of aromatic nitrogens is 3. The molecule has 4 aromatic rings. The third kappa shape index (κ3) is 5.06. The molecule has 10 heteroatoms. The van der Waals surface area contributed by atoms with Crippen LogP contribution in [-0.2, 0) is 7.05 Å². The van der Waals surface area contributed by atoms with Crippen molar-refractivity contribution in [3.63, 3.8) is 0 Å². The van der Waals surface area contributed by atoms with Crippen molar-refractivity contribution in [2.24, 2.45) is 7.05 Å². The number of nitrogens with zero attached hydrogens (tertiary/aromatic N) is 6. The fourth-order valence-corrected chi connectivity index (χ4v) is 4.34. The number of hydrogen-bond donors (Lipinski definition) is 1. The van der Waals surface area contributed by atoms with E-state index in [0.717, 1.165) is 28.6 Å². The number of nitrogens with one attached hydrogen (secondary N) is 1. The lowest BCUT2D eigenvalue weighted by molar-refractivity contribution is -0.384. The lowest BCUT2D eigenvalue weighted by atomic mass is 10.1. The summed E-state index contributed by atoms with van der Waals surface area (Å²) in [6.45, 7) is 3.51. The van der Waals surface area contributed by atoms with Gasteiger partial charge in [0.05, 0.1) is 27.4 Å². The number of fused-ring (bicyclic) bond motifs is 1. The van der Waals surface area contributed by atoms with Crippen molar-refractivity contribution in [2.75, 3.05) is 44.4 Å². The van der Waals surface area contributed by atoms with E-state index in [1.165, 1.54) is 6.07 Å². The van der Waals surface area contributed by atoms with Gasteiger partial charge in [-0.3, -0.25) is 10.1 Å². The Morgan fingerprint density at radius 2 is 1.94 bits per heavy atom. The Labute approximate surface area is 209 Å². The second-order valence-electron chi connectivity index (χ2n) is 8.83. The molecule has 0 fully saturated rings. The third-order valence-corrected chi connectivity index (χ3v) is 6.20. The number of para-hydroxylation sites is 1. The molecule has 0 unspecified atom stereocenters. The maximum absolute atomic E-state index is 11.8. The van der Waals surface area contributed by atoms with Gasteiger partial charge in [0, 0.05) is 56.1 Å². The predicted molar refractivity (Wildman–Crippen MR) is 142 cm³/mol. The van der Waals surface area contributed by atoms with Crippen LogP contribution in [0.15, 0.2) is 48.8 Å². The summed E-state index contributed by atoms with van der Waals surface area (Å²) in [6, 6.07) is 11.1. The Balaban J connectivity index is 1.67. The van der Waals surface area contributed by atoms with Crippen LogP contribution >= 0.6 is 11.6 Å². The number of hydrogen-bond acceptors (Lipinski definition) is 7. The molecule has 0 saturated carbocycles. The molecule has 0 amide bonds. The number of aryl methyl sites for hydroxylation is 2. The van der Waals surface area contributed by atoms with Crippen LogP contribution in [0.1, 0.15) is 5.56 Å². The largest absolute Gasteiger partial charge is 0.368 e. The monoisotopic (exact) mass is 493 g/mol. The summed E-state index contributed by atoms with van der Waals surface area (Å²) in [7, 11) is 7.77. The van der Waals surface area contributed by atoms with Crippen LogP contribution < -0.4 is 10.2 Å². The summed E-state index contributed by atoms with van der Waals surface area (Å²) in [5.41, 5.74) is 4.82. The minimum absolute atomic E-state index is 0.00923. The molecule has 0 spiro atoms. The van der Waals surface area contributed by atoms with Crippen LogP contribution in [0.2, 0.25) is 5.02 Å². The molecule has 0 radical (unpaired) electrons. The average molecular weight is 494 g/mol. The van der Waals surface area contributed by atoms with Crippen LogP contribution in [0.25, 0.3) is 22.2 Å². The molecule has 0 atom stereocenters. The molecular weight excluding hydrogens is 466 g/mol. The number of halogens is 1. The molecule has 4 rings (SSSR count). The molecule has 9 nitrogen and oxygen atoms in total. The van der Waals surface area contributed by atoms with Gasteiger partial charge in [-0.05, 0) is 38.7 Å². The normalized spacial score (nSPS) is 11.3. The standard InChI is InChI=1S/C25H28ClN7O2/c1-16-7-6-8-18-19(15-32(5)24(16)18)23-20(26)14-27-25(29-23)28-17-9-10-21(22(13-17)33(34)35)31(4)12-11-30(2)3/h6-10,13-15H,11-12H2,1-5H3,(H,27,28,29). The molecular formula is C25H28ClN7O2. The Bertz CT molecular complexity index is 1400. The maximum Gasteiger partial charge on any atom is 0.294 e. The van der Waals surface area contributed by atoms with Gasteiger partial charge in [0.1, 0.15) is 5.69 Å². The van der Waals surface area contributed by atoms with Crippen molar-refractivity contribution >= 4 is 45.5 Å². The Morgan fingerprint density at radius 3 is 2.66 bits per heavy atom. The summed E-state index contributed by atoms with van der Waals surface area (Å²) in [6.07, 6.45) is 3.54. The fraction of sp³-hybridized carbons (Fsp3) is 0.280. The maximum atomic E-state index is 11.8. The lowest BCUT2D eigenvalue weighted by Crippen LogP contribution is -2.28. The van der Waals surface area contributed by atoms with Crippen molar-refractivity contribution < 1.29 is 4.92 Å². The summed E-state index contributed by atoms with van der Waals surface area (Å²) in [4.78, 5) is 24.3. The lowest BCUT2D eigenvalue weighted by Gasteiger charge is -2.21. The molecule has 0 aliphatic rings. The van der Waals surface area contributed by atoms with E-state index in [1.54, 1.807) is 18.3 Å². The topological polar surface area (TPSA) is 92.4 Å². The van der Waals surface area contributed by atoms with Crippen LogP contribution in [0.4, 0.5) is 23.0 Å². The minimum atomic E-state index is -0.376. The van der Waals surface area contributed by atoms with Gasteiger partial charge in [0.15, 0.2) is 0 Å². The van der Waals surface area contributed by atoms with Crippen molar-refractivity contribution in [1.29, 1.82) is 0 Å².